The summed E-state index contributed by atoms with van der Waals surface area (Å²) in [5.74, 6) is -0.933. The lowest BCUT2D eigenvalue weighted by Gasteiger charge is -2.02. The highest BCUT2D eigenvalue weighted by Crippen LogP contribution is 2.17. The minimum Gasteiger partial charge on any atom is -0.477 e. The molecule has 2 rings (SSSR count). The molecule has 0 aliphatic rings. The number of aromatic nitrogens is 2. The number of rotatable bonds is 3. The van der Waals surface area contributed by atoms with Crippen LogP contribution in [0.4, 0.5) is 0 Å². The van der Waals surface area contributed by atoms with Gasteiger partial charge in [0.05, 0.1) is 17.2 Å². The van der Waals surface area contributed by atoms with Crippen molar-refractivity contribution in [2.75, 3.05) is 0 Å². The third kappa shape index (κ3) is 2.33. The number of thiazole rings is 1. The highest BCUT2D eigenvalue weighted by atomic mass is 79.9. The van der Waals surface area contributed by atoms with Gasteiger partial charge in [0.25, 0.3) is 0 Å². The number of aromatic carboxylic acids is 1. The van der Waals surface area contributed by atoms with Gasteiger partial charge >= 0.3 is 5.97 Å². The zero-order valence-electron chi connectivity index (χ0n) is 8.48. The van der Waals surface area contributed by atoms with Gasteiger partial charge < -0.3 is 9.67 Å². The minimum absolute atomic E-state index is 0.262. The van der Waals surface area contributed by atoms with E-state index < -0.39 is 5.97 Å². The second kappa shape index (κ2) is 4.39. The maximum atomic E-state index is 11.0. The van der Waals surface area contributed by atoms with Gasteiger partial charge in [0.2, 0.25) is 0 Å². The molecule has 0 saturated carbocycles. The van der Waals surface area contributed by atoms with Crippen LogP contribution >= 0.6 is 27.3 Å². The van der Waals surface area contributed by atoms with Gasteiger partial charge in [0, 0.05) is 16.0 Å². The summed E-state index contributed by atoms with van der Waals surface area (Å²) in [5.41, 5.74) is 1.14. The topological polar surface area (TPSA) is 55.1 Å². The first-order chi connectivity index (χ1) is 7.56. The molecule has 2 aromatic heterocycles. The molecule has 0 aromatic carbocycles. The Labute approximate surface area is 105 Å². The largest absolute Gasteiger partial charge is 0.477 e. The number of carboxylic acid groups (broad SMARTS) is 1. The molecule has 0 amide bonds. The summed E-state index contributed by atoms with van der Waals surface area (Å²) < 4.78 is 2.43. The van der Waals surface area contributed by atoms with E-state index in [9.17, 15) is 4.79 Å². The average Bonchev–Trinajstić information content (AvgIpc) is 2.74. The number of hydrogen-bond donors (Lipinski definition) is 1. The van der Waals surface area contributed by atoms with Crippen molar-refractivity contribution in [3.8, 4) is 0 Å². The molecule has 0 saturated heterocycles. The summed E-state index contributed by atoms with van der Waals surface area (Å²) in [4.78, 5) is 15.3. The van der Waals surface area contributed by atoms with Crippen LogP contribution in [0.1, 0.15) is 21.2 Å². The van der Waals surface area contributed by atoms with Gasteiger partial charge in [-0.2, -0.15) is 0 Å². The first kappa shape index (κ1) is 11.3. The Morgan fingerprint density at radius 3 is 3.00 bits per heavy atom. The molecule has 84 valence electrons. The maximum Gasteiger partial charge on any atom is 0.352 e. The number of carbonyl (C=O) groups is 1. The summed E-state index contributed by atoms with van der Waals surface area (Å²) >= 11 is 4.83. The van der Waals surface area contributed by atoms with Crippen LogP contribution in [0.3, 0.4) is 0 Å². The molecule has 6 heteroatoms. The van der Waals surface area contributed by atoms with E-state index in [0.717, 1.165) is 15.2 Å². The van der Waals surface area contributed by atoms with E-state index in [1.165, 1.54) is 0 Å². The Hall–Kier alpha value is -1.14. The van der Waals surface area contributed by atoms with E-state index in [2.05, 4.69) is 20.9 Å². The fourth-order valence-electron chi connectivity index (χ4n) is 1.44. The predicted octanol–water partition coefficient (Wildman–Crippen LogP) is 2.76. The van der Waals surface area contributed by atoms with Gasteiger partial charge in [-0.15, -0.1) is 11.3 Å². The molecule has 0 spiro atoms. The lowest BCUT2D eigenvalue weighted by atomic mass is 10.4. The fraction of sp³-hybridized carbons (Fsp3) is 0.200. The highest BCUT2D eigenvalue weighted by molar-refractivity contribution is 9.10. The maximum absolute atomic E-state index is 11.0. The quantitative estimate of drug-likeness (QED) is 0.948. The number of nitrogens with zero attached hydrogens (tertiary/aromatic N) is 2. The first-order valence-corrected chi connectivity index (χ1v) is 6.23. The summed E-state index contributed by atoms with van der Waals surface area (Å²) in [6.45, 7) is 2.41. The van der Waals surface area contributed by atoms with Gasteiger partial charge in [-0.25, -0.2) is 9.78 Å². The summed E-state index contributed by atoms with van der Waals surface area (Å²) in [5, 5.41) is 11.9. The van der Waals surface area contributed by atoms with Gasteiger partial charge in [0.15, 0.2) is 0 Å². The van der Waals surface area contributed by atoms with Crippen molar-refractivity contribution in [1.29, 1.82) is 0 Å². The van der Waals surface area contributed by atoms with Crippen LogP contribution in [0.25, 0.3) is 0 Å². The molecular weight excluding hydrogens is 292 g/mol. The van der Waals surface area contributed by atoms with Gasteiger partial charge in [-0.3, -0.25) is 0 Å². The Morgan fingerprint density at radius 1 is 1.69 bits per heavy atom. The van der Waals surface area contributed by atoms with Crippen molar-refractivity contribution in [3.63, 3.8) is 0 Å². The van der Waals surface area contributed by atoms with Crippen LogP contribution in [0.15, 0.2) is 22.1 Å². The molecule has 0 unspecified atom stereocenters. The Balaban J connectivity index is 2.30. The Morgan fingerprint density at radius 2 is 2.44 bits per heavy atom. The van der Waals surface area contributed by atoms with Crippen molar-refractivity contribution >= 4 is 33.2 Å². The van der Waals surface area contributed by atoms with Gasteiger partial charge in [-0.05, 0) is 28.9 Å². The molecule has 0 bridgehead atoms. The summed E-state index contributed by atoms with van der Waals surface area (Å²) in [6.07, 6.45) is 1.75. The number of hydrogen-bond acceptors (Lipinski definition) is 3. The first-order valence-electron chi connectivity index (χ1n) is 4.56. The third-order valence-corrected chi connectivity index (χ3v) is 3.34. The van der Waals surface area contributed by atoms with E-state index in [-0.39, 0.29) is 5.69 Å². The van der Waals surface area contributed by atoms with Crippen molar-refractivity contribution in [2.24, 2.45) is 0 Å². The second-order valence-electron chi connectivity index (χ2n) is 3.33. The monoisotopic (exact) mass is 300 g/mol. The van der Waals surface area contributed by atoms with Crippen LogP contribution in [-0.2, 0) is 6.54 Å². The van der Waals surface area contributed by atoms with Gasteiger partial charge in [-0.1, -0.05) is 0 Å². The Kier molecular flexibility index (Phi) is 3.11. The lowest BCUT2D eigenvalue weighted by Crippen LogP contribution is -2.08. The number of halogens is 1. The smallest absolute Gasteiger partial charge is 0.352 e. The van der Waals surface area contributed by atoms with Crippen LogP contribution in [0.2, 0.25) is 0 Å². The number of aryl methyl sites for hydroxylation is 1. The second-order valence-corrected chi connectivity index (χ2v) is 5.31. The standard InChI is InChI=1S/C10H9BrN2O2S/c1-6-12-8(5-16-6)4-13-3-7(11)2-9(13)10(14)15/h2-3,5H,4H2,1H3,(H,14,15). The number of carboxylic acids is 1. The molecule has 0 atom stereocenters. The Bertz CT molecular complexity index is 533. The highest BCUT2D eigenvalue weighted by Gasteiger charge is 2.12. The molecule has 1 N–H and O–H groups in total. The molecule has 2 aromatic rings. The van der Waals surface area contributed by atoms with Crippen molar-refractivity contribution in [2.45, 2.75) is 13.5 Å². The molecule has 0 aliphatic heterocycles. The molecule has 4 nitrogen and oxygen atoms in total. The molecule has 0 radical (unpaired) electrons. The zero-order chi connectivity index (χ0) is 11.7. The predicted molar refractivity (Wildman–Crippen MR) is 65.0 cm³/mol. The molecule has 0 fully saturated rings. The third-order valence-electron chi connectivity index (χ3n) is 2.08. The molecule has 2 heterocycles. The minimum atomic E-state index is -0.933. The van der Waals surface area contributed by atoms with Gasteiger partial charge in [0.1, 0.15) is 5.69 Å². The summed E-state index contributed by atoms with van der Waals surface area (Å²) in [6, 6.07) is 1.58. The van der Waals surface area contributed by atoms with E-state index in [1.807, 2.05) is 12.3 Å². The van der Waals surface area contributed by atoms with E-state index in [4.69, 9.17) is 5.11 Å². The van der Waals surface area contributed by atoms with E-state index in [1.54, 1.807) is 28.2 Å². The van der Waals surface area contributed by atoms with Crippen LogP contribution in [0, 0.1) is 6.92 Å². The van der Waals surface area contributed by atoms with Crippen LogP contribution in [-0.4, -0.2) is 20.6 Å². The SMILES string of the molecule is Cc1nc(Cn2cc(Br)cc2C(=O)O)cs1. The average molecular weight is 301 g/mol. The lowest BCUT2D eigenvalue weighted by molar-refractivity contribution is 0.0685. The molecule has 16 heavy (non-hydrogen) atoms. The summed E-state index contributed by atoms with van der Waals surface area (Å²) in [7, 11) is 0. The van der Waals surface area contributed by atoms with Crippen molar-refractivity contribution in [3.05, 3.63) is 38.5 Å². The van der Waals surface area contributed by atoms with E-state index >= 15 is 0 Å². The fourth-order valence-corrected chi connectivity index (χ4v) is 2.51. The van der Waals surface area contributed by atoms with Crippen molar-refractivity contribution < 1.29 is 9.90 Å². The zero-order valence-corrected chi connectivity index (χ0v) is 10.9. The normalized spacial score (nSPS) is 10.6. The molecule has 0 aliphatic carbocycles. The van der Waals surface area contributed by atoms with E-state index in [0.29, 0.717) is 6.54 Å². The van der Waals surface area contributed by atoms with Crippen molar-refractivity contribution in [1.82, 2.24) is 9.55 Å². The van der Waals surface area contributed by atoms with Crippen LogP contribution < -0.4 is 0 Å². The molecular formula is C10H9BrN2O2S. The van der Waals surface area contributed by atoms with Crippen LogP contribution in [0.5, 0.6) is 0 Å².